The standard InChI is InChI=1S/C18H18N2O2/c1-2-3-12-20-15-9-4-5-10-17(15)22-18(20)13-16(21)14-8-6-7-11-19-14/h4-11,13H,2-3,12H2,1H3/b18-13+. The van der Waals surface area contributed by atoms with Crippen LogP contribution in [0.15, 0.2) is 60.6 Å². The van der Waals surface area contributed by atoms with E-state index in [0.717, 1.165) is 30.8 Å². The third kappa shape index (κ3) is 2.86. The number of anilines is 1. The highest BCUT2D eigenvalue weighted by Crippen LogP contribution is 2.38. The quantitative estimate of drug-likeness (QED) is 0.621. The summed E-state index contributed by atoms with van der Waals surface area (Å²) in [5, 5.41) is 0. The monoisotopic (exact) mass is 294 g/mol. The molecule has 0 N–H and O–H groups in total. The lowest BCUT2D eigenvalue weighted by Crippen LogP contribution is -2.22. The summed E-state index contributed by atoms with van der Waals surface area (Å²) >= 11 is 0. The van der Waals surface area contributed by atoms with Crippen molar-refractivity contribution in [1.29, 1.82) is 0 Å². The normalized spacial score (nSPS) is 14.8. The third-order valence-electron chi connectivity index (χ3n) is 3.54. The van der Waals surface area contributed by atoms with Crippen molar-refractivity contribution in [2.45, 2.75) is 19.8 Å². The highest BCUT2D eigenvalue weighted by molar-refractivity contribution is 6.03. The summed E-state index contributed by atoms with van der Waals surface area (Å²) in [6, 6.07) is 13.1. The Morgan fingerprint density at radius 3 is 2.82 bits per heavy atom. The molecule has 0 unspecified atom stereocenters. The number of ketones is 1. The smallest absolute Gasteiger partial charge is 0.209 e. The zero-order valence-corrected chi connectivity index (χ0v) is 12.5. The Hall–Kier alpha value is -2.62. The SMILES string of the molecule is CCCCN1/C(=C\C(=O)c2ccccn2)Oc2ccccc21. The molecule has 2 aromatic rings. The summed E-state index contributed by atoms with van der Waals surface area (Å²) in [4.78, 5) is 18.5. The third-order valence-corrected chi connectivity index (χ3v) is 3.54. The Balaban J connectivity index is 1.89. The number of pyridine rings is 1. The second-order valence-corrected chi connectivity index (χ2v) is 5.14. The fourth-order valence-electron chi connectivity index (χ4n) is 2.40. The molecular weight excluding hydrogens is 276 g/mol. The van der Waals surface area contributed by atoms with E-state index in [1.165, 1.54) is 6.08 Å². The number of unbranched alkanes of at least 4 members (excludes halogenated alkanes) is 1. The molecule has 0 saturated heterocycles. The van der Waals surface area contributed by atoms with Gasteiger partial charge in [-0.25, -0.2) is 0 Å². The number of para-hydroxylation sites is 2. The van der Waals surface area contributed by atoms with Crippen molar-refractivity contribution in [3.05, 3.63) is 66.3 Å². The maximum Gasteiger partial charge on any atom is 0.209 e. The van der Waals surface area contributed by atoms with Gasteiger partial charge in [-0.3, -0.25) is 9.78 Å². The van der Waals surface area contributed by atoms with Crippen molar-refractivity contribution in [3.8, 4) is 5.75 Å². The highest BCUT2D eigenvalue weighted by atomic mass is 16.5. The van der Waals surface area contributed by atoms with Gasteiger partial charge in [0, 0.05) is 18.8 Å². The highest BCUT2D eigenvalue weighted by Gasteiger charge is 2.26. The summed E-state index contributed by atoms with van der Waals surface area (Å²) in [5.74, 6) is 1.22. The molecular formula is C18H18N2O2. The van der Waals surface area contributed by atoms with Gasteiger partial charge in [0.1, 0.15) is 5.69 Å². The van der Waals surface area contributed by atoms with Gasteiger partial charge in [0.2, 0.25) is 11.7 Å². The number of nitrogens with zero attached hydrogens (tertiary/aromatic N) is 2. The summed E-state index contributed by atoms with van der Waals surface area (Å²) < 4.78 is 5.85. The largest absolute Gasteiger partial charge is 0.438 e. The molecule has 3 rings (SSSR count). The molecule has 0 bridgehead atoms. The van der Waals surface area contributed by atoms with Gasteiger partial charge < -0.3 is 9.64 Å². The van der Waals surface area contributed by atoms with E-state index in [0.29, 0.717) is 11.6 Å². The molecule has 2 heterocycles. The van der Waals surface area contributed by atoms with Gasteiger partial charge >= 0.3 is 0 Å². The van der Waals surface area contributed by atoms with E-state index in [1.807, 2.05) is 24.3 Å². The molecule has 0 spiro atoms. The van der Waals surface area contributed by atoms with E-state index >= 15 is 0 Å². The Kier molecular flexibility index (Phi) is 4.19. The number of benzene rings is 1. The number of hydrogen-bond donors (Lipinski definition) is 0. The van der Waals surface area contributed by atoms with Crippen LogP contribution >= 0.6 is 0 Å². The predicted molar refractivity (Wildman–Crippen MR) is 86.0 cm³/mol. The second kappa shape index (κ2) is 6.43. The van der Waals surface area contributed by atoms with Crippen LogP contribution in [-0.2, 0) is 0 Å². The van der Waals surface area contributed by atoms with E-state index in [2.05, 4.69) is 16.8 Å². The van der Waals surface area contributed by atoms with Gasteiger partial charge in [0.15, 0.2) is 5.75 Å². The molecule has 0 radical (unpaired) electrons. The predicted octanol–water partition coefficient (Wildman–Crippen LogP) is 3.80. The lowest BCUT2D eigenvalue weighted by atomic mass is 10.2. The van der Waals surface area contributed by atoms with Crippen LogP contribution in [0.3, 0.4) is 0 Å². The number of rotatable bonds is 5. The van der Waals surface area contributed by atoms with E-state index in [-0.39, 0.29) is 5.78 Å². The van der Waals surface area contributed by atoms with Gasteiger partial charge in [-0.05, 0) is 30.7 Å². The molecule has 1 aliphatic rings. The number of aromatic nitrogens is 1. The van der Waals surface area contributed by atoms with Crippen LogP contribution in [0.1, 0.15) is 30.3 Å². The summed E-state index contributed by atoms with van der Waals surface area (Å²) in [6.45, 7) is 2.97. The van der Waals surface area contributed by atoms with E-state index in [1.54, 1.807) is 24.4 Å². The van der Waals surface area contributed by atoms with Crippen molar-refractivity contribution < 1.29 is 9.53 Å². The minimum atomic E-state index is -0.148. The minimum absolute atomic E-state index is 0.148. The molecule has 1 aliphatic heterocycles. The van der Waals surface area contributed by atoms with E-state index in [4.69, 9.17) is 4.74 Å². The zero-order valence-electron chi connectivity index (χ0n) is 12.5. The Bertz CT molecular complexity index is 695. The van der Waals surface area contributed by atoms with Crippen molar-refractivity contribution in [2.75, 3.05) is 11.4 Å². The number of allylic oxidation sites excluding steroid dienone is 1. The molecule has 4 nitrogen and oxygen atoms in total. The number of fused-ring (bicyclic) bond motifs is 1. The maximum atomic E-state index is 12.3. The van der Waals surface area contributed by atoms with Crippen LogP contribution in [-0.4, -0.2) is 17.3 Å². The van der Waals surface area contributed by atoms with Crippen LogP contribution in [0.5, 0.6) is 5.75 Å². The van der Waals surface area contributed by atoms with Crippen molar-refractivity contribution in [3.63, 3.8) is 0 Å². The van der Waals surface area contributed by atoms with E-state index in [9.17, 15) is 4.79 Å². The minimum Gasteiger partial charge on any atom is -0.438 e. The fourth-order valence-corrected chi connectivity index (χ4v) is 2.40. The van der Waals surface area contributed by atoms with Crippen LogP contribution in [0.4, 0.5) is 5.69 Å². The summed E-state index contributed by atoms with van der Waals surface area (Å²) in [5.41, 5.74) is 1.43. The average molecular weight is 294 g/mol. The van der Waals surface area contributed by atoms with Crippen LogP contribution in [0, 0.1) is 0 Å². The molecule has 0 amide bonds. The van der Waals surface area contributed by atoms with Gasteiger partial charge in [-0.2, -0.15) is 0 Å². The van der Waals surface area contributed by atoms with E-state index < -0.39 is 0 Å². The van der Waals surface area contributed by atoms with Gasteiger partial charge in [-0.15, -0.1) is 0 Å². The van der Waals surface area contributed by atoms with Crippen molar-refractivity contribution >= 4 is 11.5 Å². The summed E-state index contributed by atoms with van der Waals surface area (Å²) in [7, 11) is 0. The zero-order chi connectivity index (χ0) is 15.4. The average Bonchev–Trinajstić information content (AvgIpc) is 2.91. The second-order valence-electron chi connectivity index (χ2n) is 5.14. The first-order valence-corrected chi connectivity index (χ1v) is 7.51. The molecule has 22 heavy (non-hydrogen) atoms. The van der Waals surface area contributed by atoms with Crippen LogP contribution < -0.4 is 9.64 Å². The summed E-state index contributed by atoms with van der Waals surface area (Å²) in [6.07, 6.45) is 5.26. The maximum absolute atomic E-state index is 12.3. The molecule has 0 saturated carbocycles. The molecule has 1 aromatic heterocycles. The lowest BCUT2D eigenvalue weighted by molar-refractivity contribution is 0.103. The van der Waals surface area contributed by atoms with Gasteiger partial charge in [-0.1, -0.05) is 31.5 Å². The Labute approximate surface area is 130 Å². The molecule has 112 valence electrons. The van der Waals surface area contributed by atoms with Crippen LogP contribution in [0.25, 0.3) is 0 Å². The van der Waals surface area contributed by atoms with Crippen LogP contribution in [0.2, 0.25) is 0 Å². The first-order valence-electron chi connectivity index (χ1n) is 7.51. The van der Waals surface area contributed by atoms with Crippen molar-refractivity contribution in [2.24, 2.45) is 0 Å². The van der Waals surface area contributed by atoms with Gasteiger partial charge in [0.05, 0.1) is 5.69 Å². The molecule has 4 heteroatoms. The number of carbonyl (C=O) groups is 1. The number of carbonyl (C=O) groups excluding carboxylic acids is 1. The number of ether oxygens (including phenoxy) is 1. The topological polar surface area (TPSA) is 42.4 Å². The molecule has 0 aliphatic carbocycles. The molecule has 1 aromatic carbocycles. The fraction of sp³-hybridized carbons (Fsp3) is 0.222. The van der Waals surface area contributed by atoms with Gasteiger partial charge in [0.25, 0.3) is 0 Å². The first-order chi connectivity index (χ1) is 10.8. The molecule has 0 atom stereocenters. The Morgan fingerprint density at radius 1 is 1.23 bits per heavy atom. The first kappa shape index (κ1) is 14.3. The number of hydrogen-bond acceptors (Lipinski definition) is 4. The lowest BCUT2D eigenvalue weighted by Gasteiger charge is -2.17. The van der Waals surface area contributed by atoms with Crippen molar-refractivity contribution in [1.82, 2.24) is 4.98 Å². The molecule has 0 fully saturated rings. The Morgan fingerprint density at radius 2 is 2.05 bits per heavy atom.